The SMILES string of the molecule is Cc1cc(C)c(CC(N)C2(N(C)C)CCCC2)c(C)c1. The second-order valence-electron chi connectivity index (χ2n) is 6.89. The first-order valence-electron chi connectivity index (χ1n) is 7.86. The van der Waals surface area contributed by atoms with Crippen molar-refractivity contribution in [3.8, 4) is 0 Å². The molecule has 2 nitrogen and oxygen atoms in total. The van der Waals surface area contributed by atoms with E-state index in [0.29, 0.717) is 0 Å². The van der Waals surface area contributed by atoms with Gasteiger partial charge in [-0.15, -0.1) is 0 Å². The molecule has 0 amide bonds. The van der Waals surface area contributed by atoms with Crippen molar-refractivity contribution in [2.45, 2.75) is 64.5 Å². The van der Waals surface area contributed by atoms with E-state index in [0.717, 1.165) is 6.42 Å². The van der Waals surface area contributed by atoms with E-state index in [4.69, 9.17) is 5.73 Å². The minimum Gasteiger partial charge on any atom is -0.326 e. The highest BCUT2D eigenvalue weighted by Crippen LogP contribution is 2.37. The lowest BCUT2D eigenvalue weighted by atomic mass is 9.82. The van der Waals surface area contributed by atoms with Crippen LogP contribution in [-0.2, 0) is 6.42 Å². The Bertz CT molecular complexity index is 447. The Labute approximate surface area is 124 Å². The molecule has 0 bridgehead atoms. The first kappa shape index (κ1) is 15.5. The lowest BCUT2D eigenvalue weighted by Gasteiger charge is -2.42. The number of benzene rings is 1. The molecule has 0 aromatic heterocycles. The molecule has 1 saturated carbocycles. The van der Waals surface area contributed by atoms with E-state index >= 15 is 0 Å². The van der Waals surface area contributed by atoms with Crippen molar-refractivity contribution in [3.63, 3.8) is 0 Å². The van der Waals surface area contributed by atoms with E-state index in [2.05, 4.69) is 51.9 Å². The van der Waals surface area contributed by atoms with Gasteiger partial charge in [-0.2, -0.15) is 0 Å². The number of nitrogens with zero attached hydrogens (tertiary/aromatic N) is 1. The Morgan fingerprint density at radius 2 is 1.60 bits per heavy atom. The summed E-state index contributed by atoms with van der Waals surface area (Å²) in [6, 6.07) is 4.79. The van der Waals surface area contributed by atoms with Crippen molar-refractivity contribution in [2.24, 2.45) is 5.73 Å². The van der Waals surface area contributed by atoms with Gasteiger partial charge < -0.3 is 10.6 Å². The van der Waals surface area contributed by atoms with Crippen LogP contribution in [0.4, 0.5) is 0 Å². The maximum absolute atomic E-state index is 6.68. The van der Waals surface area contributed by atoms with Crippen LogP contribution in [0.3, 0.4) is 0 Å². The van der Waals surface area contributed by atoms with Crippen molar-refractivity contribution >= 4 is 0 Å². The Kier molecular flexibility index (Phi) is 4.55. The van der Waals surface area contributed by atoms with Crippen LogP contribution >= 0.6 is 0 Å². The number of rotatable bonds is 4. The van der Waals surface area contributed by atoms with Gasteiger partial charge in [-0.3, -0.25) is 0 Å². The van der Waals surface area contributed by atoms with E-state index in [1.165, 1.54) is 47.9 Å². The van der Waals surface area contributed by atoms with Crippen molar-refractivity contribution < 1.29 is 0 Å². The van der Waals surface area contributed by atoms with Crippen molar-refractivity contribution in [1.29, 1.82) is 0 Å². The number of hydrogen-bond acceptors (Lipinski definition) is 2. The predicted octanol–water partition coefficient (Wildman–Crippen LogP) is 3.36. The average Bonchev–Trinajstić information content (AvgIpc) is 2.83. The van der Waals surface area contributed by atoms with Gasteiger partial charge in [0.05, 0.1) is 0 Å². The number of likely N-dealkylation sites (N-methyl/N-ethyl adjacent to an activating group) is 1. The molecule has 1 fully saturated rings. The first-order valence-corrected chi connectivity index (χ1v) is 7.86. The van der Waals surface area contributed by atoms with Crippen LogP contribution in [0.2, 0.25) is 0 Å². The molecule has 2 rings (SSSR count). The number of aryl methyl sites for hydroxylation is 3. The van der Waals surface area contributed by atoms with Gasteiger partial charge in [0.25, 0.3) is 0 Å². The molecule has 20 heavy (non-hydrogen) atoms. The van der Waals surface area contributed by atoms with Gasteiger partial charge in [-0.1, -0.05) is 30.5 Å². The smallest absolute Gasteiger partial charge is 0.0357 e. The minimum atomic E-state index is 0.198. The normalized spacial score (nSPS) is 19.6. The maximum Gasteiger partial charge on any atom is 0.0357 e. The first-order chi connectivity index (χ1) is 9.36. The van der Waals surface area contributed by atoms with E-state index in [1.54, 1.807) is 0 Å². The monoisotopic (exact) mass is 274 g/mol. The summed E-state index contributed by atoms with van der Waals surface area (Å²) in [6.07, 6.45) is 6.11. The lowest BCUT2D eigenvalue weighted by Crippen LogP contribution is -2.56. The van der Waals surface area contributed by atoms with E-state index in [9.17, 15) is 0 Å². The van der Waals surface area contributed by atoms with Gasteiger partial charge >= 0.3 is 0 Å². The Morgan fingerprint density at radius 3 is 2.05 bits per heavy atom. The van der Waals surface area contributed by atoms with Crippen molar-refractivity contribution in [3.05, 3.63) is 34.4 Å². The molecule has 1 unspecified atom stereocenters. The van der Waals surface area contributed by atoms with Gasteiger partial charge in [-0.05, 0) is 70.8 Å². The largest absolute Gasteiger partial charge is 0.326 e. The van der Waals surface area contributed by atoms with Crippen molar-refractivity contribution in [2.75, 3.05) is 14.1 Å². The molecular formula is C18H30N2. The van der Waals surface area contributed by atoms with Crippen LogP contribution in [0.1, 0.15) is 47.9 Å². The molecule has 1 aliphatic carbocycles. The molecule has 0 spiro atoms. The van der Waals surface area contributed by atoms with Crippen LogP contribution in [-0.4, -0.2) is 30.6 Å². The van der Waals surface area contributed by atoms with Gasteiger partial charge in [-0.25, -0.2) is 0 Å². The molecule has 0 saturated heterocycles. The zero-order valence-corrected chi connectivity index (χ0v) is 13.8. The number of nitrogens with two attached hydrogens (primary N) is 1. The fourth-order valence-electron chi connectivity index (χ4n) is 4.08. The molecule has 0 aliphatic heterocycles. The zero-order valence-electron chi connectivity index (χ0n) is 13.8. The molecular weight excluding hydrogens is 244 g/mol. The molecule has 2 N–H and O–H groups in total. The minimum absolute atomic E-state index is 0.198. The summed E-state index contributed by atoms with van der Waals surface area (Å²) in [5.41, 5.74) is 12.5. The quantitative estimate of drug-likeness (QED) is 0.912. The van der Waals surface area contributed by atoms with E-state index < -0.39 is 0 Å². The van der Waals surface area contributed by atoms with Crippen LogP contribution in [0.25, 0.3) is 0 Å². The summed E-state index contributed by atoms with van der Waals surface area (Å²) in [5.74, 6) is 0. The van der Waals surface area contributed by atoms with E-state index in [1.807, 2.05) is 0 Å². The molecule has 112 valence electrons. The van der Waals surface area contributed by atoms with Gasteiger partial charge in [0.15, 0.2) is 0 Å². The fourth-order valence-corrected chi connectivity index (χ4v) is 4.08. The summed E-state index contributed by atoms with van der Waals surface area (Å²) >= 11 is 0. The van der Waals surface area contributed by atoms with E-state index in [-0.39, 0.29) is 11.6 Å². The Hall–Kier alpha value is -0.860. The summed E-state index contributed by atoms with van der Waals surface area (Å²) < 4.78 is 0. The fraction of sp³-hybridized carbons (Fsp3) is 0.667. The molecule has 0 radical (unpaired) electrons. The number of hydrogen-bond donors (Lipinski definition) is 1. The van der Waals surface area contributed by atoms with Crippen LogP contribution in [0, 0.1) is 20.8 Å². The second-order valence-corrected chi connectivity index (χ2v) is 6.89. The molecule has 1 aromatic rings. The predicted molar refractivity (Wildman–Crippen MR) is 87.2 cm³/mol. The highest BCUT2D eigenvalue weighted by molar-refractivity contribution is 5.38. The topological polar surface area (TPSA) is 29.3 Å². The highest BCUT2D eigenvalue weighted by Gasteiger charge is 2.41. The summed E-state index contributed by atoms with van der Waals surface area (Å²) in [4.78, 5) is 2.38. The van der Waals surface area contributed by atoms with Crippen LogP contribution < -0.4 is 5.73 Å². The van der Waals surface area contributed by atoms with Crippen LogP contribution in [0.5, 0.6) is 0 Å². The second kappa shape index (κ2) is 5.87. The highest BCUT2D eigenvalue weighted by atomic mass is 15.2. The molecule has 0 heterocycles. The summed E-state index contributed by atoms with van der Waals surface area (Å²) in [5, 5.41) is 0. The van der Waals surface area contributed by atoms with Crippen molar-refractivity contribution in [1.82, 2.24) is 4.90 Å². The van der Waals surface area contributed by atoms with Gasteiger partial charge in [0, 0.05) is 11.6 Å². The maximum atomic E-state index is 6.68. The standard InChI is InChI=1S/C18H30N2/c1-13-10-14(2)16(15(3)11-13)12-17(19)18(20(4)5)8-6-7-9-18/h10-11,17H,6-9,12,19H2,1-5H3. The molecule has 1 aliphatic rings. The average molecular weight is 274 g/mol. The Balaban J connectivity index is 2.25. The van der Waals surface area contributed by atoms with Gasteiger partial charge in [0.1, 0.15) is 0 Å². The third-order valence-electron chi connectivity index (χ3n) is 5.31. The Morgan fingerprint density at radius 1 is 1.10 bits per heavy atom. The van der Waals surface area contributed by atoms with Crippen LogP contribution in [0.15, 0.2) is 12.1 Å². The molecule has 1 atom stereocenters. The van der Waals surface area contributed by atoms with Gasteiger partial charge in [0.2, 0.25) is 0 Å². The molecule has 2 heteroatoms. The third kappa shape index (κ3) is 2.77. The lowest BCUT2D eigenvalue weighted by molar-refractivity contribution is 0.123. The third-order valence-corrected chi connectivity index (χ3v) is 5.31. The molecule has 1 aromatic carbocycles. The summed E-state index contributed by atoms with van der Waals surface area (Å²) in [6.45, 7) is 6.61. The summed E-state index contributed by atoms with van der Waals surface area (Å²) in [7, 11) is 4.39. The zero-order chi connectivity index (χ0) is 14.9.